The number of anilines is 1. The lowest BCUT2D eigenvalue weighted by Gasteiger charge is -2.36. The Kier molecular flexibility index (Phi) is 3.93. The third kappa shape index (κ3) is 2.79. The standard InChI is InChI=1S/C18H21FN2/c1-13-7-8-15(19)11-14(13)12-21-10-9-17(20-2)16-5-3-4-6-18(16)21/h3-8,11,17,20H,9-10,12H2,1-2H3. The molecule has 0 aliphatic carbocycles. The molecule has 0 radical (unpaired) electrons. The number of nitrogens with zero attached hydrogens (tertiary/aromatic N) is 1. The van der Waals surface area contributed by atoms with Gasteiger partial charge in [0.2, 0.25) is 0 Å². The molecule has 0 bridgehead atoms. The van der Waals surface area contributed by atoms with Crippen LogP contribution < -0.4 is 10.2 Å². The molecule has 2 aromatic rings. The van der Waals surface area contributed by atoms with Gasteiger partial charge in [0.05, 0.1) is 0 Å². The van der Waals surface area contributed by atoms with E-state index in [4.69, 9.17) is 0 Å². The lowest BCUT2D eigenvalue weighted by atomic mass is 9.95. The second kappa shape index (κ2) is 5.86. The van der Waals surface area contributed by atoms with Gasteiger partial charge < -0.3 is 10.2 Å². The molecule has 2 aromatic carbocycles. The molecule has 1 aliphatic rings. The Morgan fingerprint density at radius 1 is 1.24 bits per heavy atom. The fraction of sp³-hybridized carbons (Fsp3) is 0.333. The third-order valence-corrected chi connectivity index (χ3v) is 4.36. The zero-order valence-electron chi connectivity index (χ0n) is 12.6. The summed E-state index contributed by atoms with van der Waals surface area (Å²) in [6, 6.07) is 13.9. The van der Waals surface area contributed by atoms with Gasteiger partial charge in [-0.05, 0) is 55.3 Å². The van der Waals surface area contributed by atoms with Crippen molar-refractivity contribution in [2.45, 2.75) is 25.9 Å². The van der Waals surface area contributed by atoms with Crippen LogP contribution in [-0.4, -0.2) is 13.6 Å². The highest BCUT2D eigenvalue weighted by Crippen LogP contribution is 2.34. The van der Waals surface area contributed by atoms with Crippen LogP contribution in [0.4, 0.5) is 10.1 Å². The van der Waals surface area contributed by atoms with Crippen molar-refractivity contribution in [1.29, 1.82) is 0 Å². The van der Waals surface area contributed by atoms with Gasteiger partial charge in [0.15, 0.2) is 0 Å². The first-order valence-electron chi connectivity index (χ1n) is 7.45. The highest BCUT2D eigenvalue weighted by molar-refractivity contribution is 5.57. The minimum absolute atomic E-state index is 0.158. The predicted molar refractivity (Wildman–Crippen MR) is 85.0 cm³/mol. The van der Waals surface area contributed by atoms with E-state index < -0.39 is 0 Å². The molecule has 3 heteroatoms. The molecule has 3 rings (SSSR count). The topological polar surface area (TPSA) is 15.3 Å². The summed E-state index contributed by atoms with van der Waals surface area (Å²) in [5, 5.41) is 3.38. The normalized spacial score (nSPS) is 17.7. The van der Waals surface area contributed by atoms with E-state index in [9.17, 15) is 4.39 Å². The van der Waals surface area contributed by atoms with Gasteiger partial charge in [-0.25, -0.2) is 4.39 Å². The first kappa shape index (κ1) is 14.1. The Morgan fingerprint density at radius 3 is 2.86 bits per heavy atom. The average Bonchev–Trinajstić information content (AvgIpc) is 2.51. The van der Waals surface area contributed by atoms with Crippen LogP contribution in [0.2, 0.25) is 0 Å². The summed E-state index contributed by atoms with van der Waals surface area (Å²) in [7, 11) is 2.01. The molecule has 0 fully saturated rings. The molecule has 2 nitrogen and oxygen atoms in total. The number of aryl methyl sites for hydroxylation is 1. The molecule has 110 valence electrons. The molecule has 21 heavy (non-hydrogen) atoms. The maximum absolute atomic E-state index is 13.5. The quantitative estimate of drug-likeness (QED) is 0.922. The summed E-state index contributed by atoms with van der Waals surface area (Å²) in [5.41, 5.74) is 4.80. The van der Waals surface area contributed by atoms with E-state index in [1.54, 1.807) is 6.07 Å². The molecule has 0 saturated heterocycles. The number of fused-ring (bicyclic) bond motifs is 1. The fourth-order valence-corrected chi connectivity index (χ4v) is 3.11. The van der Waals surface area contributed by atoms with Gasteiger partial charge in [-0.2, -0.15) is 0 Å². The molecular formula is C18H21FN2. The summed E-state index contributed by atoms with van der Waals surface area (Å²) in [5.74, 6) is -0.158. The van der Waals surface area contributed by atoms with E-state index in [0.717, 1.165) is 30.6 Å². The second-order valence-corrected chi connectivity index (χ2v) is 5.68. The summed E-state index contributed by atoms with van der Waals surface area (Å²) in [6.07, 6.45) is 1.07. The van der Waals surface area contributed by atoms with E-state index in [0.29, 0.717) is 6.04 Å². The Bertz CT molecular complexity index is 639. The maximum Gasteiger partial charge on any atom is 0.123 e. The smallest absolute Gasteiger partial charge is 0.123 e. The Hall–Kier alpha value is -1.87. The highest BCUT2D eigenvalue weighted by Gasteiger charge is 2.23. The van der Waals surface area contributed by atoms with Gasteiger partial charge in [-0.1, -0.05) is 24.3 Å². The van der Waals surface area contributed by atoms with E-state index in [2.05, 4.69) is 34.5 Å². The molecule has 0 amide bonds. The van der Waals surface area contributed by atoms with Crippen molar-refractivity contribution >= 4 is 5.69 Å². The van der Waals surface area contributed by atoms with Crippen LogP contribution in [0.15, 0.2) is 42.5 Å². The third-order valence-electron chi connectivity index (χ3n) is 4.36. The molecule has 0 spiro atoms. The molecule has 1 unspecified atom stereocenters. The van der Waals surface area contributed by atoms with Crippen molar-refractivity contribution in [3.8, 4) is 0 Å². The van der Waals surface area contributed by atoms with E-state index in [1.165, 1.54) is 17.3 Å². The van der Waals surface area contributed by atoms with Crippen LogP contribution in [0.5, 0.6) is 0 Å². The predicted octanol–water partition coefficient (Wildman–Crippen LogP) is 3.80. The van der Waals surface area contributed by atoms with Crippen molar-refractivity contribution in [1.82, 2.24) is 5.32 Å². The molecule has 1 heterocycles. The first-order chi connectivity index (χ1) is 10.2. The Labute approximate surface area is 125 Å². The lowest BCUT2D eigenvalue weighted by molar-refractivity contribution is 0.515. The summed E-state index contributed by atoms with van der Waals surface area (Å²) in [4.78, 5) is 2.35. The van der Waals surface area contributed by atoms with Gasteiger partial charge in [-0.3, -0.25) is 0 Å². The number of benzene rings is 2. The highest BCUT2D eigenvalue weighted by atomic mass is 19.1. The van der Waals surface area contributed by atoms with Gasteiger partial charge >= 0.3 is 0 Å². The maximum atomic E-state index is 13.5. The van der Waals surface area contributed by atoms with Crippen molar-refractivity contribution < 1.29 is 4.39 Å². The molecule has 0 aromatic heterocycles. The molecule has 1 aliphatic heterocycles. The fourth-order valence-electron chi connectivity index (χ4n) is 3.11. The van der Waals surface area contributed by atoms with Gasteiger partial charge in [0.25, 0.3) is 0 Å². The zero-order valence-corrected chi connectivity index (χ0v) is 12.6. The molecule has 1 N–H and O–H groups in total. The van der Waals surface area contributed by atoms with Gasteiger partial charge in [-0.15, -0.1) is 0 Å². The Morgan fingerprint density at radius 2 is 2.05 bits per heavy atom. The van der Waals surface area contributed by atoms with E-state index in [-0.39, 0.29) is 5.82 Å². The SMILES string of the molecule is CNC1CCN(Cc2cc(F)ccc2C)c2ccccc21. The Balaban J connectivity index is 1.92. The minimum Gasteiger partial charge on any atom is -0.367 e. The molecule has 0 saturated carbocycles. The van der Waals surface area contributed by atoms with Gasteiger partial charge in [0.1, 0.15) is 5.82 Å². The summed E-state index contributed by atoms with van der Waals surface area (Å²) < 4.78 is 13.5. The summed E-state index contributed by atoms with van der Waals surface area (Å²) >= 11 is 0. The second-order valence-electron chi connectivity index (χ2n) is 5.68. The van der Waals surface area contributed by atoms with E-state index in [1.807, 2.05) is 20.0 Å². The number of hydrogen-bond acceptors (Lipinski definition) is 2. The van der Waals surface area contributed by atoms with Gasteiger partial charge in [0, 0.05) is 24.8 Å². The first-order valence-corrected chi connectivity index (χ1v) is 7.45. The minimum atomic E-state index is -0.158. The summed E-state index contributed by atoms with van der Waals surface area (Å²) in [6.45, 7) is 3.79. The number of rotatable bonds is 3. The lowest BCUT2D eigenvalue weighted by Crippen LogP contribution is -2.34. The zero-order chi connectivity index (χ0) is 14.8. The van der Waals surface area contributed by atoms with Crippen molar-refractivity contribution in [2.24, 2.45) is 0 Å². The monoisotopic (exact) mass is 284 g/mol. The number of halogens is 1. The number of para-hydroxylation sites is 1. The largest absolute Gasteiger partial charge is 0.367 e. The van der Waals surface area contributed by atoms with Crippen molar-refractivity contribution in [3.05, 3.63) is 65.0 Å². The number of nitrogens with one attached hydrogen (secondary N) is 1. The van der Waals surface area contributed by atoms with Crippen LogP contribution in [0.3, 0.4) is 0 Å². The van der Waals surface area contributed by atoms with Crippen LogP contribution in [0.25, 0.3) is 0 Å². The van der Waals surface area contributed by atoms with Crippen LogP contribution in [-0.2, 0) is 6.54 Å². The molecular weight excluding hydrogens is 263 g/mol. The van der Waals surface area contributed by atoms with Crippen LogP contribution >= 0.6 is 0 Å². The van der Waals surface area contributed by atoms with Crippen molar-refractivity contribution in [3.63, 3.8) is 0 Å². The van der Waals surface area contributed by atoms with Crippen LogP contribution in [0.1, 0.15) is 29.2 Å². The molecule has 1 atom stereocenters. The van der Waals surface area contributed by atoms with E-state index >= 15 is 0 Å². The average molecular weight is 284 g/mol. The van der Waals surface area contributed by atoms with Crippen LogP contribution in [0, 0.1) is 12.7 Å². The number of hydrogen-bond donors (Lipinski definition) is 1. The van der Waals surface area contributed by atoms with Crippen molar-refractivity contribution in [2.75, 3.05) is 18.5 Å².